The van der Waals surface area contributed by atoms with Gasteiger partial charge >= 0.3 is 0 Å². The van der Waals surface area contributed by atoms with Crippen LogP contribution in [0.3, 0.4) is 0 Å². The highest BCUT2D eigenvalue weighted by molar-refractivity contribution is 6.35. The van der Waals surface area contributed by atoms with Crippen LogP contribution in [0.2, 0.25) is 10.0 Å². The van der Waals surface area contributed by atoms with E-state index in [1.165, 1.54) is 29.3 Å². The summed E-state index contributed by atoms with van der Waals surface area (Å²) in [6, 6.07) is 12.6. The zero-order valence-corrected chi connectivity index (χ0v) is 17.0. The van der Waals surface area contributed by atoms with Gasteiger partial charge in [-0.1, -0.05) is 53.0 Å². The minimum Gasteiger partial charge on any atom is -0.333 e. The summed E-state index contributed by atoms with van der Waals surface area (Å²) in [6.45, 7) is 7.99. The zero-order valence-electron chi connectivity index (χ0n) is 15.5. The van der Waals surface area contributed by atoms with E-state index in [1.54, 1.807) is 0 Å². The third kappa shape index (κ3) is 6.22. The summed E-state index contributed by atoms with van der Waals surface area (Å²) in [5, 5.41) is 1.49. The molecule has 26 heavy (non-hydrogen) atoms. The fourth-order valence-corrected chi connectivity index (χ4v) is 3.50. The monoisotopic (exact) mass is 396 g/mol. The van der Waals surface area contributed by atoms with Crippen LogP contribution in [0.1, 0.15) is 28.2 Å². The van der Waals surface area contributed by atoms with E-state index in [1.807, 2.05) is 19.6 Å². The third-order valence-corrected chi connectivity index (χ3v) is 4.53. The van der Waals surface area contributed by atoms with Crippen molar-refractivity contribution in [2.24, 2.45) is 5.73 Å². The summed E-state index contributed by atoms with van der Waals surface area (Å²) in [7, 11) is 3.63. The molecule has 0 radical (unpaired) electrons. The molecule has 3 rings (SSSR count). The van der Waals surface area contributed by atoms with Gasteiger partial charge in [0, 0.05) is 29.1 Å². The Bertz CT molecular complexity index is 676. The lowest BCUT2D eigenvalue weighted by Gasteiger charge is -2.33. The highest BCUT2D eigenvalue weighted by Gasteiger charge is 2.26. The van der Waals surface area contributed by atoms with E-state index in [0.717, 1.165) is 23.1 Å². The van der Waals surface area contributed by atoms with Crippen molar-refractivity contribution in [1.29, 1.82) is 0 Å². The van der Waals surface area contributed by atoms with Gasteiger partial charge in [0.15, 0.2) is 0 Å². The summed E-state index contributed by atoms with van der Waals surface area (Å²) in [4.78, 5) is 18.3. The quantitative estimate of drug-likeness (QED) is 0.788. The number of carbonyl (C=O) groups excluding carboxylic acids is 2. The van der Waals surface area contributed by atoms with Gasteiger partial charge in [0.25, 0.3) is 0 Å². The molecule has 0 aliphatic carbocycles. The minimum absolute atomic E-state index is 0.334. The predicted octanol–water partition coefficient (Wildman–Crippen LogP) is 4.08. The van der Waals surface area contributed by atoms with Crippen LogP contribution in [-0.4, -0.2) is 39.1 Å². The number of hydrogen-bond acceptors (Lipinski definition) is 4. The molecule has 142 valence electrons. The molecule has 6 heteroatoms. The molecule has 0 bridgehead atoms. The Kier molecular flexibility index (Phi) is 11.8. The van der Waals surface area contributed by atoms with E-state index in [4.69, 9.17) is 32.8 Å². The van der Waals surface area contributed by atoms with Crippen LogP contribution >= 0.6 is 23.2 Å². The number of nitrogens with two attached hydrogens (primary N) is 1. The molecular formula is C20H26Cl2N2O2. The van der Waals surface area contributed by atoms with Gasteiger partial charge in [-0.15, -0.1) is 0 Å². The normalized spacial score (nSPS) is 15.1. The minimum atomic E-state index is 0.334. The second kappa shape index (κ2) is 12.6. The van der Waals surface area contributed by atoms with Crippen LogP contribution in [-0.2, 0) is 16.1 Å². The Balaban J connectivity index is 0.000000948. The number of nitrogens with zero attached hydrogens (tertiary/aromatic N) is 1. The van der Waals surface area contributed by atoms with Gasteiger partial charge in [-0.3, -0.25) is 0 Å². The maximum atomic E-state index is 8.00. The second-order valence-electron chi connectivity index (χ2n) is 5.62. The fraction of sp³-hybridized carbons (Fsp3) is 0.300. The number of fused-ring (bicyclic) bond motifs is 1. The van der Waals surface area contributed by atoms with Gasteiger partial charge in [0.2, 0.25) is 0 Å². The Morgan fingerprint density at radius 1 is 1.04 bits per heavy atom. The molecule has 2 aromatic carbocycles. The fourth-order valence-electron chi connectivity index (χ4n) is 2.93. The van der Waals surface area contributed by atoms with Crippen LogP contribution in [0.15, 0.2) is 36.4 Å². The first kappa shape index (κ1) is 24.3. The van der Waals surface area contributed by atoms with Crippen molar-refractivity contribution in [2.45, 2.75) is 19.4 Å². The molecule has 0 aromatic heterocycles. The van der Waals surface area contributed by atoms with Gasteiger partial charge in [0.1, 0.15) is 13.6 Å². The summed E-state index contributed by atoms with van der Waals surface area (Å²) < 4.78 is 0. The van der Waals surface area contributed by atoms with E-state index in [0.29, 0.717) is 5.92 Å². The van der Waals surface area contributed by atoms with E-state index in [-0.39, 0.29) is 0 Å². The Morgan fingerprint density at radius 3 is 2.12 bits per heavy atom. The van der Waals surface area contributed by atoms with Gasteiger partial charge in [-0.25, -0.2) is 0 Å². The lowest BCUT2D eigenvalue weighted by molar-refractivity contribution is -0.0987. The van der Waals surface area contributed by atoms with Gasteiger partial charge < -0.3 is 20.2 Å². The first-order valence-electron chi connectivity index (χ1n) is 7.93. The van der Waals surface area contributed by atoms with Crippen molar-refractivity contribution in [3.8, 4) is 0 Å². The summed E-state index contributed by atoms with van der Waals surface area (Å²) >= 11 is 12.6. The number of benzene rings is 2. The summed E-state index contributed by atoms with van der Waals surface area (Å²) in [6.07, 6.45) is 0. The maximum absolute atomic E-state index is 8.00. The van der Waals surface area contributed by atoms with Crippen LogP contribution < -0.4 is 5.73 Å². The van der Waals surface area contributed by atoms with Crippen molar-refractivity contribution < 1.29 is 9.59 Å². The van der Waals surface area contributed by atoms with Crippen molar-refractivity contribution in [3.05, 3.63) is 68.7 Å². The number of halogens is 2. The molecule has 0 fully saturated rings. The van der Waals surface area contributed by atoms with Gasteiger partial charge in [-0.05, 0) is 49.8 Å². The number of rotatable bonds is 1. The molecule has 1 heterocycles. The highest BCUT2D eigenvalue weighted by Crippen LogP contribution is 2.38. The molecule has 0 saturated carbocycles. The average molecular weight is 397 g/mol. The summed E-state index contributed by atoms with van der Waals surface area (Å²) in [5.74, 6) is 0.334. The van der Waals surface area contributed by atoms with Crippen LogP contribution in [0, 0.1) is 6.92 Å². The van der Waals surface area contributed by atoms with E-state index >= 15 is 0 Å². The first-order valence-corrected chi connectivity index (χ1v) is 8.68. The van der Waals surface area contributed by atoms with Gasteiger partial charge in [0.05, 0.1) is 0 Å². The standard InChI is InChI=1S/C17H17Cl2N.CH5N.2CH2O/c1-11-3-5-12(6-4-11)15-9-20(2)10-16-14(15)7-13(18)8-17(16)19;3*1-2/h3-8,15H,9-10H2,1-2H3;2H2,1H3;2*1H2. The molecule has 1 aliphatic rings. The molecule has 4 nitrogen and oxygen atoms in total. The Hall–Kier alpha value is -1.72. The molecule has 2 aromatic rings. The number of likely N-dealkylation sites (N-methyl/N-ethyl adjacent to an activating group) is 1. The van der Waals surface area contributed by atoms with Crippen molar-refractivity contribution in [2.75, 3.05) is 20.6 Å². The molecular weight excluding hydrogens is 371 g/mol. The SMILES string of the molecule is C=O.C=O.CN.Cc1ccc(C2CN(C)Cc3c(Cl)cc(Cl)cc32)cc1. The zero-order chi connectivity index (χ0) is 20.3. The topological polar surface area (TPSA) is 63.4 Å². The smallest absolute Gasteiger partial charge is 0.106 e. The molecule has 1 atom stereocenters. The largest absolute Gasteiger partial charge is 0.333 e. The van der Waals surface area contributed by atoms with Gasteiger partial charge in [-0.2, -0.15) is 0 Å². The van der Waals surface area contributed by atoms with Crippen molar-refractivity contribution >= 4 is 36.8 Å². The molecule has 0 saturated heterocycles. The second-order valence-corrected chi connectivity index (χ2v) is 6.46. The van der Waals surface area contributed by atoms with Crippen LogP contribution in [0.4, 0.5) is 0 Å². The Labute approximate surface area is 165 Å². The molecule has 0 amide bonds. The summed E-state index contributed by atoms with van der Waals surface area (Å²) in [5.41, 5.74) is 9.57. The number of hydrogen-bond donors (Lipinski definition) is 1. The van der Waals surface area contributed by atoms with Crippen molar-refractivity contribution in [3.63, 3.8) is 0 Å². The first-order chi connectivity index (χ1) is 12.5. The number of carbonyl (C=O) groups is 2. The Morgan fingerprint density at radius 2 is 1.58 bits per heavy atom. The highest BCUT2D eigenvalue weighted by atomic mass is 35.5. The van der Waals surface area contributed by atoms with E-state index in [9.17, 15) is 0 Å². The predicted molar refractivity (Wildman–Crippen MR) is 110 cm³/mol. The molecule has 1 unspecified atom stereocenters. The number of aryl methyl sites for hydroxylation is 1. The lowest BCUT2D eigenvalue weighted by atomic mass is 9.84. The molecule has 2 N–H and O–H groups in total. The lowest BCUT2D eigenvalue weighted by Crippen LogP contribution is -2.31. The third-order valence-electron chi connectivity index (χ3n) is 3.97. The average Bonchev–Trinajstić information content (AvgIpc) is 2.67. The molecule has 1 aliphatic heterocycles. The van der Waals surface area contributed by atoms with Crippen molar-refractivity contribution in [1.82, 2.24) is 4.90 Å². The van der Waals surface area contributed by atoms with Crippen LogP contribution in [0.5, 0.6) is 0 Å². The maximum Gasteiger partial charge on any atom is 0.106 e. The van der Waals surface area contributed by atoms with E-state index < -0.39 is 0 Å². The molecule has 0 spiro atoms. The van der Waals surface area contributed by atoms with E-state index in [2.05, 4.69) is 54.9 Å². The van der Waals surface area contributed by atoms with Crippen LogP contribution in [0.25, 0.3) is 0 Å².